The summed E-state index contributed by atoms with van der Waals surface area (Å²) in [6.07, 6.45) is 0. The standard InChI is InChI=1S/C23H24N4O4/c1-4-31-23(29)15-7-5-14(6-8-15)12-27-13-19(28)20(21(27)24)22-25-17-11-16(30-3)9-10-18(17)26(22)2/h5-11,24,28H,4,12-13H2,1-3H3. The Bertz CT molecular complexity index is 1190. The van der Waals surface area contributed by atoms with Crippen LogP contribution < -0.4 is 4.74 Å². The summed E-state index contributed by atoms with van der Waals surface area (Å²) in [5.74, 6) is 1.19. The molecule has 0 amide bonds. The van der Waals surface area contributed by atoms with Crippen LogP contribution in [0.3, 0.4) is 0 Å². The number of methoxy groups -OCH3 is 1. The number of nitrogens with one attached hydrogen (secondary N) is 1. The second kappa shape index (κ2) is 8.14. The number of aliphatic hydroxyl groups excluding tert-OH is 1. The lowest BCUT2D eigenvalue weighted by atomic mass is 10.1. The van der Waals surface area contributed by atoms with Crippen LogP contribution in [0.15, 0.2) is 48.2 Å². The van der Waals surface area contributed by atoms with Crippen molar-refractivity contribution in [2.24, 2.45) is 7.05 Å². The number of aromatic nitrogens is 2. The van der Waals surface area contributed by atoms with Crippen molar-refractivity contribution in [1.82, 2.24) is 14.5 Å². The first-order valence-electron chi connectivity index (χ1n) is 9.95. The monoisotopic (exact) mass is 420 g/mol. The molecule has 2 N–H and O–H groups in total. The molecule has 2 heterocycles. The number of benzene rings is 2. The maximum absolute atomic E-state index is 11.8. The predicted octanol–water partition coefficient (Wildman–Crippen LogP) is 3.52. The summed E-state index contributed by atoms with van der Waals surface area (Å²) in [7, 11) is 3.46. The topological polar surface area (TPSA) is 101 Å². The Morgan fingerprint density at radius 3 is 2.65 bits per heavy atom. The highest BCUT2D eigenvalue weighted by Gasteiger charge is 2.31. The first kappa shape index (κ1) is 20.5. The number of carbonyl (C=O) groups excluding carboxylic acids is 1. The number of imidazole rings is 1. The zero-order chi connectivity index (χ0) is 22.1. The minimum atomic E-state index is -0.358. The van der Waals surface area contributed by atoms with Crippen LogP contribution in [-0.4, -0.2) is 51.6 Å². The third-order valence-electron chi connectivity index (χ3n) is 5.33. The zero-order valence-electron chi connectivity index (χ0n) is 17.7. The van der Waals surface area contributed by atoms with Crippen molar-refractivity contribution in [2.75, 3.05) is 20.3 Å². The molecular formula is C23H24N4O4. The van der Waals surface area contributed by atoms with Gasteiger partial charge in [0, 0.05) is 19.7 Å². The molecule has 4 rings (SSSR count). The molecule has 0 aliphatic carbocycles. The van der Waals surface area contributed by atoms with Crippen molar-refractivity contribution in [2.45, 2.75) is 13.5 Å². The van der Waals surface area contributed by atoms with Gasteiger partial charge in [-0.05, 0) is 36.8 Å². The van der Waals surface area contributed by atoms with Gasteiger partial charge in [0.2, 0.25) is 0 Å². The molecule has 0 bridgehead atoms. The van der Waals surface area contributed by atoms with E-state index in [9.17, 15) is 9.90 Å². The highest BCUT2D eigenvalue weighted by atomic mass is 16.5. The van der Waals surface area contributed by atoms with Gasteiger partial charge in [0.05, 0.1) is 42.4 Å². The first-order chi connectivity index (χ1) is 14.9. The molecule has 0 saturated carbocycles. The van der Waals surface area contributed by atoms with Crippen LogP contribution in [-0.2, 0) is 18.3 Å². The second-order valence-corrected chi connectivity index (χ2v) is 7.29. The summed E-state index contributed by atoms with van der Waals surface area (Å²) in [6.45, 7) is 2.74. The Balaban J connectivity index is 1.56. The molecule has 31 heavy (non-hydrogen) atoms. The largest absolute Gasteiger partial charge is 0.510 e. The van der Waals surface area contributed by atoms with E-state index in [4.69, 9.17) is 14.9 Å². The number of aryl methyl sites for hydroxylation is 1. The average molecular weight is 420 g/mol. The van der Waals surface area contributed by atoms with Gasteiger partial charge in [-0.15, -0.1) is 0 Å². The SMILES string of the molecule is CCOC(=O)c1ccc(CN2CC(O)=C(c3nc4cc(OC)ccc4n3C)C2=N)cc1. The van der Waals surface area contributed by atoms with Gasteiger partial charge in [-0.2, -0.15) is 0 Å². The van der Waals surface area contributed by atoms with Gasteiger partial charge in [0.1, 0.15) is 23.2 Å². The van der Waals surface area contributed by atoms with Crippen LogP contribution in [0.25, 0.3) is 16.6 Å². The van der Waals surface area contributed by atoms with E-state index >= 15 is 0 Å². The molecule has 3 aromatic rings. The summed E-state index contributed by atoms with van der Waals surface area (Å²) in [5.41, 5.74) is 3.44. The molecule has 0 spiro atoms. The van der Waals surface area contributed by atoms with Crippen LogP contribution in [0.5, 0.6) is 5.75 Å². The Morgan fingerprint density at radius 2 is 1.97 bits per heavy atom. The molecule has 8 heteroatoms. The van der Waals surface area contributed by atoms with Gasteiger partial charge in [-0.1, -0.05) is 12.1 Å². The third-order valence-corrected chi connectivity index (χ3v) is 5.33. The fourth-order valence-electron chi connectivity index (χ4n) is 3.71. The normalized spacial score (nSPS) is 13.9. The quantitative estimate of drug-likeness (QED) is 0.592. The van der Waals surface area contributed by atoms with Crippen LogP contribution in [0.1, 0.15) is 28.7 Å². The maximum atomic E-state index is 11.8. The molecule has 160 valence electrons. The Morgan fingerprint density at radius 1 is 1.23 bits per heavy atom. The number of hydrogen-bond donors (Lipinski definition) is 2. The van der Waals surface area contributed by atoms with Crippen LogP contribution in [0, 0.1) is 5.41 Å². The van der Waals surface area contributed by atoms with E-state index in [2.05, 4.69) is 4.98 Å². The van der Waals surface area contributed by atoms with E-state index in [0.29, 0.717) is 35.9 Å². The van der Waals surface area contributed by atoms with Gasteiger partial charge in [0.15, 0.2) is 0 Å². The maximum Gasteiger partial charge on any atom is 0.338 e. The molecule has 0 atom stereocenters. The molecule has 8 nitrogen and oxygen atoms in total. The van der Waals surface area contributed by atoms with Gasteiger partial charge in [-0.25, -0.2) is 9.78 Å². The molecule has 0 unspecified atom stereocenters. The van der Waals surface area contributed by atoms with Crippen molar-refractivity contribution >= 4 is 28.4 Å². The number of fused-ring (bicyclic) bond motifs is 1. The lowest BCUT2D eigenvalue weighted by molar-refractivity contribution is 0.0526. The van der Waals surface area contributed by atoms with Crippen molar-refractivity contribution < 1.29 is 19.4 Å². The van der Waals surface area contributed by atoms with Crippen LogP contribution in [0.4, 0.5) is 0 Å². The number of esters is 1. The van der Waals surface area contributed by atoms with Gasteiger partial charge >= 0.3 is 5.97 Å². The molecule has 0 saturated heterocycles. The highest BCUT2D eigenvalue weighted by molar-refractivity contribution is 6.23. The molecule has 2 aromatic carbocycles. The van der Waals surface area contributed by atoms with E-state index in [1.54, 1.807) is 31.1 Å². The molecule has 1 aromatic heterocycles. The van der Waals surface area contributed by atoms with Crippen LogP contribution >= 0.6 is 0 Å². The van der Waals surface area contributed by atoms with E-state index in [-0.39, 0.29) is 24.1 Å². The third kappa shape index (κ3) is 3.72. The highest BCUT2D eigenvalue weighted by Crippen LogP contribution is 2.31. The minimum absolute atomic E-state index is 0.110. The minimum Gasteiger partial charge on any atom is -0.510 e. The summed E-state index contributed by atoms with van der Waals surface area (Å²) in [4.78, 5) is 18.2. The summed E-state index contributed by atoms with van der Waals surface area (Å²) >= 11 is 0. The lowest BCUT2D eigenvalue weighted by Gasteiger charge is -2.19. The number of amidine groups is 1. The van der Waals surface area contributed by atoms with Gasteiger partial charge in [-0.3, -0.25) is 5.41 Å². The molecule has 1 aliphatic rings. The predicted molar refractivity (Wildman–Crippen MR) is 117 cm³/mol. The van der Waals surface area contributed by atoms with E-state index in [1.165, 1.54) is 0 Å². The smallest absolute Gasteiger partial charge is 0.338 e. The number of ether oxygens (including phenoxy) is 2. The number of rotatable bonds is 6. The average Bonchev–Trinajstić information content (AvgIpc) is 3.23. The fourth-order valence-corrected chi connectivity index (χ4v) is 3.71. The Labute approximate surface area is 179 Å². The van der Waals surface area contributed by atoms with Crippen molar-refractivity contribution in [3.8, 4) is 5.75 Å². The molecular weight excluding hydrogens is 396 g/mol. The second-order valence-electron chi connectivity index (χ2n) is 7.29. The van der Waals surface area contributed by atoms with Gasteiger partial charge < -0.3 is 24.0 Å². The Kier molecular flexibility index (Phi) is 5.37. The number of carbonyl (C=O) groups is 1. The van der Waals surface area contributed by atoms with Crippen LogP contribution in [0.2, 0.25) is 0 Å². The fraction of sp³-hybridized carbons (Fsp3) is 0.261. The van der Waals surface area contributed by atoms with E-state index in [1.807, 2.05) is 41.9 Å². The van der Waals surface area contributed by atoms with Crippen molar-refractivity contribution in [1.29, 1.82) is 5.41 Å². The lowest BCUT2D eigenvalue weighted by Crippen LogP contribution is -2.26. The summed E-state index contributed by atoms with van der Waals surface area (Å²) < 4.78 is 12.1. The molecule has 1 aliphatic heterocycles. The summed E-state index contributed by atoms with van der Waals surface area (Å²) in [5, 5.41) is 19.3. The first-order valence-corrected chi connectivity index (χ1v) is 9.95. The van der Waals surface area contributed by atoms with E-state index < -0.39 is 0 Å². The zero-order valence-corrected chi connectivity index (χ0v) is 17.7. The number of hydrogen-bond acceptors (Lipinski definition) is 6. The van der Waals surface area contributed by atoms with Crippen molar-refractivity contribution in [3.05, 3.63) is 65.2 Å². The van der Waals surface area contributed by atoms with Gasteiger partial charge in [0.25, 0.3) is 0 Å². The molecule has 0 radical (unpaired) electrons. The van der Waals surface area contributed by atoms with Crippen molar-refractivity contribution in [3.63, 3.8) is 0 Å². The Hall–Kier alpha value is -3.81. The number of aliphatic hydroxyl groups is 1. The van der Waals surface area contributed by atoms with E-state index in [0.717, 1.165) is 16.6 Å². The number of nitrogens with zero attached hydrogens (tertiary/aromatic N) is 3. The summed E-state index contributed by atoms with van der Waals surface area (Å²) in [6, 6.07) is 12.7. The molecule has 0 fully saturated rings.